The van der Waals surface area contributed by atoms with E-state index in [1.54, 1.807) is 12.1 Å². The molecule has 0 aliphatic heterocycles. The molecule has 23 heavy (non-hydrogen) atoms. The average Bonchev–Trinajstić information content (AvgIpc) is 2.58. The molecule has 1 heterocycles. The third-order valence-electron chi connectivity index (χ3n) is 3.33. The van der Waals surface area contributed by atoms with Crippen LogP contribution in [0.2, 0.25) is 0 Å². The predicted molar refractivity (Wildman–Crippen MR) is 88.6 cm³/mol. The SMILES string of the molecule is O=c1[nH]c(Cc2ccccc2)c(O)cc1N=Nc1ccccc1. The lowest BCUT2D eigenvalue weighted by molar-refractivity contribution is 0.465. The van der Waals surface area contributed by atoms with Crippen LogP contribution in [0, 0.1) is 0 Å². The van der Waals surface area contributed by atoms with Crippen molar-refractivity contribution in [1.82, 2.24) is 4.98 Å². The minimum atomic E-state index is -0.381. The van der Waals surface area contributed by atoms with Crippen LogP contribution in [0.3, 0.4) is 0 Å². The summed E-state index contributed by atoms with van der Waals surface area (Å²) in [5.41, 5.74) is 1.79. The van der Waals surface area contributed by atoms with Crippen molar-refractivity contribution in [3.05, 3.63) is 88.3 Å². The van der Waals surface area contributed by atoms with Crippen molar-refractivity contribution in [2.45, 2.75) is 6.42 Å². The van der Waals surface area contributed by atoms with Crippen LogP contribution in [0.25, 0.3) is 0 Å². The molecule has 0 spiro atoms. The smallest absolute Gasteiger partial charge is 0.276 e. The second kappa shape index (κ2) is 6.70. The average molecular weight is 305 g/mol. The molecular formula is C18H15N3O2. The topological polar surface area (TPSA) is 77.8 Å². The summed E-state index contributed by atoms with van der Waals surface area (Å²) in [6.07, 6.45) is 0.442. The fourth-order valence-corrected chi connectivity index (χ4v) is 2.16. The van der Waals surface area contributed by atoms with Crippen LogP contribution in [-0.4, -0.2) is 10.1 Å². The van der Waals surface area contributed by atoms with Crippen LogP contribution in [0.15, 0.2) is 81.8 Å². The molecule has 0 saturated carbocycles. The minimum Gasteiger partial charge on any atom is -0.506 e. The summed E-state index contributed by atoms with van der Waals surface area (Å²) in [6.45, 7) is 0. The van der Waals surface area contributed by atoms with Crippen LogP contribution in [0.1, 0.15) is 11.3 Å². The highest BCUT2D eigenvalue weighted by Crippen LogP contribution is 2.22. The quantitative estimate of drug-likeness (QED) is 0.712. The lowest BCUT2D eigenvalue weighted by atomic mass is 10.1. The molecule has 0 aliphatic rings. The predicted octanol–water partition coefficient (Wildman–Crippen LogP) is 4.09. The van der Waals surface area contributed by atoms with Crippen molar-refractivity contribution in [3.63, 3.8) is 0 Å². The molecule has 2 aromatic carbocycles. The van der Waals surface area contributed by atoms with Gasteiger partial charge < -0.3 is 10.1 Å². The maximum Gasteiger partial charge on any atom is 0.276 e. The van der Waals surface area contributed by atoms with Gasteiger partial charge in [0.25, 0.3) is 5.56 Å². The van der Waals surface area contributed by atoms with Gasteiger partial charge >= 0.3 is 0 Å². The molecule has 5 heteroatoms. The van der Waals surface area contributed by atoms with Crippen molar-refractivity contribution >= 4 is 11.4 Å². The highest BCUT2D eigenvalue weighted by molar-refractivity contribution is 5.44. The number of hydrogen-bond donors (Lipinski definition) is 2. The number of H-pyrrole nitrogens is 1. The summed E-state index contributed by atoms with van der Waals surface area (Å²) < 4.78 is 0. The maximum atomic E-state index is 12.1. The molecule has 114 valence electrons. The lowest BCUT2D eigenvalue weighted by Gasteiger charge is -2.05. The van der Waals surface area contributed by atoms with E-state index >= 15 is 0 Å². The summed E-state index contributed by atoms with van der Waals surface area (Å²) in [5, 5.41) is 18.0. The molecule has 0 radical (unpaired) electrons. The maximum absolute atomic E-state index is 12.1. The summed E-state index contributed by atoms with van der Waals surface area (Å²) in [6, 6.07) is 20.0. The zero-order valence-corrected chi connectivity index (χ0v) is 12.3. The molecule has 0 bridgehead atoms. The standard InChI is InChI=1S/C18H15N3O2/c22-17-12-16(21-20-14-9-5-2-6-10-14)18(23)19-15(17)11-13-7-3-1-4-8-13/h1-10,12,22H,11H2,(H,19,23). The van der Waals surface area contributed by atoms with E-state index in [0.29, 0.717) is 17.8 Å². The number of hydrogen-bond acceptors (Lipinski definition) is 4. The van der Waals surface area contributed by atoms with Crippen molar-refractivity contribution in [3.8, 4) is 5.75 Å². The van der Waals surface area contributed by atoms with Gasteiger partial charge in [-0.2, -0.15) is 5.11 Å². The van der Waals surface area contributed by atoms with Gasteiger partial charge in [0.1, 0.15) is 5.75 Å². The van der Waals surface area contributed by atoms with Crippen molar-refractivity contribution < 1.29 is 5.11 Å². The summed E-state index contributed by atoms with van der Waals surface area (Å²) in [5.74, 6) is -0.00420. The van der Waals surface area contributed by atoms with E-state index in [0.717, 1.165) is 5.56 Å². The molecule has 2 N–H and O–H groups in total. The number of rotatable bonds is 4. The van der Waals surface area contributed by atoms with Gasteiger partial charge in [0, 0.05) is 12.5 Å². The second-order valence-corrected chi connectivity index (χ2v) is 5.05. The number of nitrogens with zero attached hydrogens (tertiary/aromatic N) is 2. The molecule has 1 aromatic heterocycles. The van der Waals surface area contributed by atoms with E-state index < -0.39 is 0 Å². The number of nitrogens with one attached hydrogen (secondary N) is 1. The van der Waals surface area contributed by atoms with Crippen molar-refractivity contribution in [1.29, 1.82) is 0 Å². The summed E-state index contributed by atoms with van der Waals surface area (Å²) in [4.78, 5) is 14.8. The normalized spacial score (nSPS) is 11.0. The highest BCUT2D eigenvalue weighted by atomic mass is 16.3. The Labute approximate surface area is 133 Å². The Bertz CT molecular complexity index is 872. The number of aromatic nitrogens is 1. The third-order valence-corrected chi connectivity index (χ3v) is 3.33. The first kappa shape index (κ1) is 14.7. The zero-order valence-electron chi connectivity index (χ0n) is 12.3. The number of azo groups is 1. The van der Waals surface area contributed by atoms with Gasteiger partial charge in [-0.25, -0.2) is 0 Å². The van der Waals surface area contributed by atoms with E-state index in [1.807, 2.05) is 48.5 Å². The Hall–Kier alpha value is -3.21. The zero-order chi connectivity index (χ0) is 16.1. The van der Waals surface area contributed by atoms with Crippen LogP contribution in [0.4, 0.5) is 11.4 Å². The fourth-order valence-electron chi connectivity index (χ4n) is 2.16. The van der Waals surface area contributed by atoms with Gasteiger partial charge in [0.2, 0.25) is 0 Å². The van der Waals surface area contributed by atoms with Crippen molar-refractivity contribution in [2.75, 3.05) is 0 Å². The van der Waals surface area contributed by atoms with E-state index in [4.69, 9.17) is 0 Å². The minimum absolute atomic E-state index is 0.00420. The summed E-state index contributed by atoms with van der Waals surface area (Å²) in [7, 11) is 0. The molecule has 0 fully saturated rings. The Morgan fingerprint density at radius 2 is 1.57 bits per heavy atom. The van der Waals surface area contributed by atoms with E-state index in [2.05, 4.69) is 15.2 Å². The van der Waals surface area contributed by atoms with E-state index in [-0.39, 0.29) is 17.0 Å². The molecule has 3 rings (SSSR count). The van der Waals surface area contributed by atoms with Crippen molar-refractivity contribution in [2.24, 2.45) is 10.2 Å². The number of aromatic hydroxyl groups is 1. The van der Waals surface area contributed by atoms with E-state index in [9.17, 15) is 9.90 Å². The third kappa shape index (κ3) is 3.71. The number of aromatic amines is 1. The van der Waals surface area contributed by atoms with Gasteiger partial charge in [-0.15, -0.1) is 5.11 Å². The Kier molecular flexibility index (Phi) is 4.29. The van der Waals surface area contributed by atoms with Gasteiger partial charge in [-0.05, 0) is 17.7 Å². The summed E-state index contributed by atoms with van der Waals surface area (Å²) >= 11 is 0. The molecule has 0 unspecified atom stereocenters. The largest absolute Gasteiger partial charge is 0.506 e. The first-order valence-electron chi connectivity index (χ1n) is 7.18. The fraction of sp³-hybridized carbons (Fsp3) is 0.0556. The second-order valence-electron chi connectivity index (χ2n) is 5.05. The van der Waals surface area contributed by atoms with Gasteiger partial charge in [0.05, 0.1) is 11.4 Å². The van der Waals surface area contributed by atoms with Crippen LogP contribution < -0.4 is 5.56 Å². The highest BCUT2D eigenvalue weighted by Gasteiger charge is 2.08. The Morgan fingerprint density at radius 1 is 0.913 bits per heavy atom. The van der Waals surface area contributed by atoms with Crippen LogP contribution in [0.5, 0.6) is 5.75 Å². The molecule has 0 aliphatic carbocycles. The molecular weight excluding hydrogens is 290 g/mol. The molecule has 0 amide bonds. The molecule has 3 aromatic rings. The van der Waals surface area contributed by atoms with Crippen LogP contribution in [-0.2, 0) is 6.42 Å². The number of pyridine rings is 1. The Morgan fingerprint density at radius 3 is 2.26 bits per heavy atom. The molecule has 0 atom stereocenters. The molecule has 5 nitrogen and oxygen atoms in total. The van der Waals surface area contributed by atoms with E-state index in [1.165, 1.54) is 6.07 Å². The molecule has 0 saturated heterocycles. The van der Waals surface area contributed by atoms with Gasteiger partial charge in [-0.1, -0.05) is 48.5 Å². The van der Waals surface area contributed by atoms with Gasteiger partial charge in [-0.3, -0.25) is 4.79 Å². The monoisotopic (exact) mass is 305 g/mol. The first-order chi connectivity index (χ1) is 11.2. The van der Waals surface area contributed by atoms with Crippen LogP contribution >= 0.6 is 0 Å². The van der Waals surface area contributed by atoms with Gasteiger partial charge in [0.15, 0.2) is 5.69 Å². The first-order valence-corrected chi connectivity index (χ1v) is 7.18. The lowest BCUT2D eigenvalue weighted by Crippen LogP contribution is -2.08. The number of benzene rings is 2. The Balaban J connectivity index is 1.86.